The number of ether oxygens (including phenoxy) is 1. The average molecular weight is 326 g/mol. The van der Waals surface area contributed by atoms with Crippen LogP contribution in [0.25, 0.3) is 0 Å². The Labute approximate surface area is 142 Å². The Bertz CT molecular complexity index is 669. The lowest BCUT2D eigenvalue weighted by molar-refractivity contribution is -0.129. The van der Waals surface area contributed by atoms with E-state index < -0.39 is 0 Å². The van der Waals surface area contributed by atoms with E-state index in [4.69, 9.17) is 4.74 Å². The first-order valence-corrected chi connectivity index (χ1v) is 7.82. The fourth-order valence-electron chi connectivity index (χ4n) is 2.27. The van der Waals surface area contributed by atoms with Crippen molar-refractivity contribution in [3.8, 4) is 5.75 Å². The number of amides is 2. The third-order valence-corrected chi connectivity index (χ3v) is 3.65. The molecule has 0 radical (unpaired) electrons. The Balaban J connectivity index is 1.76. The van der Waals surface area contributed by atoms with Gasteiger partial charge in [-0.2, -0.15) is 0 Å². The first-order valence-electron chi connectivity index (χ1n) is 7.82. The lowest BCUT2D eigenvalue weighted by Gasteiger charge is -2.14. The van der Waals surface area contributed by atoms with Crippen molar-refractivity contribution in [3.63, 3.8) is 0 Å². The molecule has 0 saturated carbocycles. The number of benzene rings is 2. The molecule has 1 unspecified atom stereocenters. The highest BCUT2D eigenvalue weighted by atomic mass is 16.5. The largest absolute Gasteiger partial charge is 0.497 e. The van der Waals surface area contributed by atoms with Crippen LogP contribution < -0.4 is 15.4 Å². The highest BCUT2D eigenvalue weighted by Gasteiger charge is 2.13. The summed E-state index contributed by atoms with van der Waals surface area (Å²) in [6.45, 7) is 2.27. The van der Waals surface area contributed by atoms with Crippen LogP contribution in [0.1, 0.15) is 30.5 Å². The monoisotopic (exact) mass is 326 g/mol. The summed E-state index contributed by atoms with van der Waals surface area (Å²) in [5.41, 5.74) is 1.95. The molecule has 0 heterocycles. The molecule has 24 heavy (non-hydrogen) atoms. The van der Waals surface area contributed by atoms with Crippen LogP contribution in [0.5, 0.6) is 5.75 Å². The second kappa shape index (κ2) is 8.72. The van der Waals surface area contributed by atoms with Crippen LogP contribution in [0, 0.1) is 0 Å². The molecule has 0 aliphatic rings. The number of methoxy groups -OCH3 is 1. The number of rotatable bonds is 7. The molecule has 2 rings (SSSR count). The predicted octanol–water partition coefficient (Wildman–Crippen LogP) is 2.58. The topological polar surface area (TPSA) is 67.4 Å². The molecular weight excluding hydrogens is 304 g/mol. The van der Waals surface area contributed by atoms with Crippen molar-refractivity contribution < 1.29 is 14.3 Å². The molecule has 0 spiro atoms. The van der Waals surface area contributed by atoms with E-state index in [0.717, 1.165) is 16.9 Å². The van der Waals surface area contributed by atoms with Gasteiger partial charge in [-0.25, -0.2) is 0 Å². The zero-order valence-corrected chi connectivity index (χ0v) is 13.9. The van der Waals surface area contributed by atoms with Gasteiger partial charge in [-0.05, 0) is 30.2 Å². The zero-order chi connectivity index (χ0) is 17.4. The molecule has 5 heteroatoms. The Morgan fingerprint density at radius 2 is 1.67 bits per heavy atom. The van der Waals surface area contributed by atoms with E-state index in [1.54, 1.807) is 7.11 Å². The number of nitrogens with one attached hydrogen (secondary N) is 2. The Hall–Kier alpha value is -2.82. The quantitative estimate of drug-likeness (QED) is 0.769. The molecular formula is C19H22N2O3. The van der Waals surface area contributed by atoms with E-state index in [1.807, 2.05) is 61.5 Å². The summed E-state index contributed by atoms with van der Waals surface area (Å²) in [4.78, 5) is 23.8. The minimum absolute atomic E-state index is 0.131. The molecule has 0 aliphatic heterocycles. The third kappa shape index (κ3) is 5.43. The normalized spacial score (nSPS) is 11.4. The second-order valence-electron chi connectivity index (χ2n) is 5.50. The summed E-state index contributed by atoms with van der Waals surface area (Å²) in [6.07, 6.45) is -0.187. The molecule has 0 saturated heterocycles. The fraction of sp³-hybridized carbons (Fsp3) is 0.263. The summed E-state index contributed by atoms with van der Waals surface area (Å²) in [5, 5.41) is 5.56. The van der Waals surface area contributed by atoms with Gasteiger partial charge < -0.3 is 15.4 Å². The zero-order valence-electron chi connectivity index (χ0n) is 13.9. The number of hydrogen-bond donors (Lipinski definition) is 2. The maximum Gasteiger partial charge on any atom is 0.229 e. The number of hydrogen-bond acceptors (Lipinski definition) is 3. The maximum absolute atomic E-state index is 11.9. The Morgan fingerprint density at radius 1 is 1.00 bits per heavy atom. The highest BCUT2D eigenvalue weighted by molar-refractivity contribution is 5.96. The maximum atomic E-state index is 11.9. The first kappa shape index (κ1) is 17.5. The predicted molar refractivity (Wildman–Crippen MR) is 92.5 cm³/mol. The van der Waals surface area contributed by atoms with Gasteiger partial charge in [-0.3, -0.25) is 9.59 Å². The van der Waals surface area contributed by atoms with Crippen LogP contribution in [-0.4, -0.2) is 18.9 Å². The number of carbonyl (C=O) groups excluding carboxylic acids is 2. The second-order valence-corrected chi connectivity index (χ2v) is 5.50. The van der Waals surface area contributed by atoms with Gasteiger partial charge in [0.1, 0.15) is 12.2 Å². The van der Waals surface area contributed by atoms with Gasteiger partial charge in [-0.15, -0.1) is 0 Å². The van der Waals surface area contributed by atoms with Crippen LogP contribution in [0.4, 0.5) is 0 Å². The summed E-state index contributed by atoms with van der Waals surface area (Å²) in [7, 11) is 1.60. The van der Waals surface area contributed by atoms with Gasteiger partial charge in [0, 0.05) is 6.54 Å². The molecule has 126 valence electrons. The molecule has 2 amide bonds. The SMILES string of the molecule is COc1ccc(CNC(=O)CC(=O)NC(C)c2ccccc2)cc1. The first-order chi connectivity index (χ1) is 11.6. The smallest absolute Gasteiger partial charge is 0.229 e. The van der Waals surface area contributed by atoms with Gasteiger partial charge in [-0.1, -0.05) is 42.5 Å². The lowest BCUT2D eigenvalue weighted by atomic mass is 10.1. The van der Waals surface area contributed by atoms with Gasteiger partial charge in [0.15, 0.2) is 0 Å². The van der Waals surface area contributed by atoms with Gasteiger partial charge >= 0.3 is 0 Å². The van der Waals surface area contributed by atoms with Gasteiger partial charge in [0.05, 0.1) is 13.2 Å². The Morgan fingerprint density at radius 3 is 2.29 bits per heavy atom. The van der Waals surface area contributed by atoms with Crippen molar-refractivity contribution in [3.05, 3.63) is 65.7 Å². The molecule has 2 aromatic carbocycles. The number of carbonyl (C=O) groups is 2. The minimum atomic E-state index is -0.302. The average Bonchev–Trinajstić information content (AvgIpc) is 2.61. The van der Waals surface area contributed by atoms with Crippen molar-refractivity contribution in [2.75, 3.05) is 7.11 Å². The molecule has 0 fully saturated rings. The summed E-state index contributed by atoms with van der Waals surface area (Å²) in [5.74, 6) is 0.168. The summed E-state index contributed by atoms with van der Waals surface area (Å²) in [6, 6.07) is 16.9. The molecule has 0 aromatic heterocycles. The van der Waals surface area contributed by atoms with Crippen LogP contribution in [0.3, 0.4) is 0 Å². The molecule has 0 bridgehead atoms. The Kier molecular flexibility index (Phi) is 6.37. The molecule has 0 aliphatic carbocycles. The minimum Gasteiger partial charge on any atom is -0.497 e. The molecule has 2 N–H and O–H groups in total. The van der Waals surface area contributed by atoms with E-state index in [0.29, 0.717) is 6.54 Å². The summed E-state index contributed by atoms with van der Waals surface area (Å²) < 4.78 is 5.08. The molecule has 1 atom stereocenters. The van der Waals surface area contributed by atoms with Gasteiger partial charge in [0.2, 0.25) is 11.8 Å². The molecule has 5 nitrogen and oxygen atoms in total. The van der Waals surface area contributed by atoms with Crippen LogP contribution in [0.15, 0.2) is 54.6 Å². The van der Waals surface area contributed by atoms with E-state index >= 15 is 0 Å². The standard InChI is InChI=1S/C19H22N2O3/c1-14(16-6-4-3-5-7-16)21-19(23)12-18(22)20-13-15-8-10-17(24-2)11-9-15/h3-11,14H,12-13H2,1-2H3,(H,20,22)(H,21,23). The van der Waals surface area contributed by atoms with Crippen LogP contribution >= 0.6 is 0 Å². The van der Waals surface area contributed by atoms with E-state index in [-0.39, 0.29) is 24.3 Å². The van der Waals surface area contributed by atoms with Crippen molar-refractivity contribution in [2.45, 2.75) is 25.9 Å². The lowest BCUT2D eigenvalue weighted by Crippen LogP contribution is -2.33. The van der Waals surface area contributed by atoms with E-state index in [1.165, 1.54) is 0 Å². The van der Waals surface area contributed by atoms with Crippen molar-refractivity contribution in [1.82, 2.24) is 10.6 Å². The fourth-order valence-corrected chi connectivity index (χ4v) is 2.27. The van der Waals surface area contributed by atoms with Crippen molar-refractivity contribution in [1.29, 1.82) is 0 Å². The van der Waals surface area contributed by atoms with Crippen molar-refractivity contribution in [2.24, 2.45) is 0 Å². The van der Waals surface area contributed by atoms with E-state index in [9.17, 15) is 9.59 Å². The molecule has 2 aromatic rings. The summed E-state index contributed by atoms with van der Waals surface area (Å²) >= 11 is 0. The van der Waals surface area contributed by atoms with E-state index in [2.05, 4.69) is 10.6 Å². The highest BCUT2D eigenvalue weighted by Crippen LogP contribution is 2.12. The van der Waals surface area contributed by atoms with Crippen LogP contribution in [0.2, 0.25) is 0 Å². The van der Waals surface area contributed by atoms with Crippen LogP contribution in [-0.2, 0) is 16.1 Å². The third-order valence-electron chi connectivity index (χ3n) is 3.65. The van der Waals surface area contributed by atoms with Gasteiger partial charge in [0.25, 0.3) is 0 Å². The van der Waals surface area contributed by atoms with Crippen molar-refractivity contribution >= 4 is 11.8 Å².